The Balaban J connectivity index is 2.11. The van der Waals surface area contributed by atoms with Crippen LogP contribution < -0.4 is 5.32 Å². The van der Waals surface area contributed by atoms with Crippen LogP contribution in [0.2, 0.25) is 18.1 Å². The van der Waals surface area contributed by atoms with Gasteiger partial charge in [-0.05, 0) is 36.5 Å². The highest BCUT2D eigenvalue weighted by molar-refractivity contribution is 6.74. The van der Waals surface area contributed by atoms with Crippen LogP contribution in [-0.4, -0.2) is 52.2 Å². The first-order valence-electron chi connectivity index (χ1n) is 14.2. The first kappa shape index (κ1) is 32.8. The molecule has 1 aliphatic carbocycles. The van der Waals surface area contributed by atoms with E-state index in [0.717, 1.165) is 37.7 Å². The molecular weight excluding hydrogens is 514 g/mol. The van der Waals surface area contributed by atoms with E-state index in [-0.39, 0.29) is 47.6 Å². The van der Waals surface area contributed by atoms with Crippen LogP contribution >= 0.6 is 0 Å². The number of methoxy groups -OCH3 is 1. The van der Waals surface area contributed by atoms with Gasteiger partial charge in [0.05, 0.1) is 7.11 Å². The van der Waals surface area contributed by atoms with Crippen molar-refractivity contribution in [1.82, 2.24) is 5.32 Å². The fraction of sp³-hybridized carbons (Fsp3) is 0.700. The predicted octanol–water partition coefficient (Wildman–Crippen LogP) is 6.38. The van der Waals surface area contributed by atoms with Crippen molar-refractivity contribution in [3.05, 3.63) is 35.9 Å². The second kappa shape index (κ2) is 15.4. The summed E-state index contributed by atoms with van der Waals surface area (Å²) >= 11 is 0. The molecular formula is C30H49NO7Si. The molecule has 1 aromatic rings. The number of carbonyl (C=O) groups excluding carboxylic acids is 3. The van der Waals surface area contributed by atoms with Crippen molar-refractivity contribution in [1.29, 1.82) is 0 Å². The normalized spacial score (nSPS) is 21.3. The van der Waals surface area contributed by atoms with Crippen LogP contribution in [0.3, 0.4) is 0 Å². The molecule has 0 aromatic heterocycles. The molecule has 1 aliphatic rings. The molecule has 1 fully saturated rings. The number of amides is 1. The van der Waals surface area contributed by atoms with Crippen LogP contribution in [0.5, 0.6) is 0 Å². The highest BCUT2D eigenvalue weighted by atomic mass is 28.4. The molecule has 4 atom stereocenters. The number of hydrogen-bond donors (Lipinski definition) is 1. The quantitative estimate of drug-likeness (QED) is 0.121. The Morgan fingerprint density at radius 3 is 2.28 bits per heavy atom. The third kappa shape index (κ3) is 10.9. The van der Waals surface area contributed by atoms with E-state index in [1.807, 2.05) is 30.3 Å². The summed E-state index contributed by atoms with van der Waals surface area (Å²) < 4.78 is 22.7. The summed E-state index contributed by atoms with van der Waals surface area (Å²) in [7, 11) is -0.635. The van der Waals surface area contributed by atoms with E-state index in [1.165, 1.54) is 14.0 Å². The van der Waals surface area contributed by atoms with Gasteiger partial charge in [-0.1, -0.05) is 70.4 Å². The van der Waals surface area contributed by atoms with Crippen LogP contribution in [-0.2, 0) is 34.8 Å². The van der Waals surface area contributed by atoms with Gasteiger partial charge in [-0.3, -0.25) is 9.59 Å². The molecule has 1 amide bonds. The van der Waals surface area contributed by atoms with Crippen molar-refractivity contribution < 1.29 is 33.0 Å². The molecule has 2 rings (SSSR count). The highest BCUT2D eigenvalue weighted by Gasteiger charge is 2.47. The monoisotopic (exact) mass is 563 g/mol. The number of nitrogens with one attached hydrogen (secondary N) is 1. The predicted molar refractivity (Wildman–Crippen MR) is 154 cm³/mol. The van der Waals surface area contributed by atoms with E-state index >= 15 is 0 Å². The van der Waals surface area contributed by atoms with Gasteiger partial charge in [0.15, 0.2) is 8.32 Å². The lowest BCUT2D eigenvalue weighted by Crippen LogP contribution is -2.46. The highest BCUT2D eigenvalue weighted by Crippen LogP contribution is 2.42. The number of hydrogen-bond acceptors (Lipinski definition) is 7. The summed E-state index contributed by atoms with van der Waals surface area (Å²) in [6.45, 7) is 13.2. The number of benzene rings is 1. The molecule has 0 aliphatic heterocycles. The minimum atomic E-state index is -2.04. The Morgan fingerprint density at radius 1 is 1.00 bits per heavy atom. The Hall–Kier alpha value is -2.39. The fourth-order valence-corrected chi connectivity index (χ4v) is 5.91. The van der Waals surface area contributed by atoms with Crippen LogP contribution in [0.15, 0.2) is 30.3 Å². The van der Waals surface area contributed by atoms with Crippen LogP contribution in [0.4, 0.5) is 4.79 Å². The van der Waals surface area contributed by atoms with Crippen molar-refractivity contribution in [3.8, 4) is 0 Å². The van der Waals surface area contributed by atoms with E-state index < -0.39 is 14.4 Å². The number of rotatable bonds is 14. The number of carbonyl (C=O) groups is 3. The van der Waals surface area contributed by atoms with E-state index in [0.29, 0.717) is 19.4 Å². The second-order valence-corrected chi connectivity index (χ2v) is 16.9. The van der Waals surface area contributed by atoms with E-state index in [2.05, 4.69) is 39.2 Å². The summed E-state index contributed by atoms with van der Waals surface area (Å²) in [5.74, 6) is -0.461. The summed E-state index contributed by atoms with van der Waals surface area (Å²) in [5.41, 5.74) is 0.916. The van der Waals surface area contributed by atoms with Gasteiger partial charge < -0.3 is 24.0 Å². The average molecular weight is 564 g/mol. The maximum Gasteiger partial charge on any atom is 0.407 e. The summed E-state index contributed by atoms with van der Waals surface area (Å²) in [5, 5.41) is 3.12. The molecule has 0 saturated heterocycles. The molecule has 39 heavy (non-hydrogen) atoms. The topological polar surface area (TPSA) is 100 Å². The van der Waals surface area contributed by atoms with Gasteiger partial charge in [-0.15, -0.1) is 0 Å². The molecule has 0 spiro atoms. The van der Waals surface area contributed by atoms with E-state index in [9.17, 15) is 14.4 Å². The van der Waals surface area contributed by atoms with Crippen molar-refractivity contribution in [2.75, 3.05) is 13.7 Å². The summed E-state index contributed by atoms with van der Waals surface area (Å²) in [6, 6.07) is 9.33. The van der Waals surface area contributed by atoms with Crippen LogP contribution in [0, 0.1) is 11.8 Å². The standard InChI is InChI=1S/C30H49NO7Si/c1-22(32)38-27-19-26(31-29(34)36-20-23-15-11-10-12-16-23)25(21-37-39(6,7)30(2,3)4)24(27)17-13-8-9-14-18-28(33)35-5/h10-12,15-16,24-27H,8-9,13-14,17-21H2,1-7H3,(H,31,34)/t24-,25-,26-,27+/m1/s1. The first-order chi connectivity index (χ1) is 18.3. The zero-order chi connectivity index (χ0) is 29.1. The minimum Gasteiger partial charge on any atom is -0.469 e. The van der Waals surface area contributed by atoms with Crippen molar-refractivity contribution in [3.63, 3.8) is 0 Å². The summed E-state index contributed by atoms with van der Waals surface area (Å²) in [6.07, 6.45) is 4.64. The van der Waals surface area contributed by atoms with Gasteiger partial charge in [-0.2, -0.15) is 0 Å². The zero-order valence-electron chi connectivity index (χ0n) is 24.9. The number of ether oxygens (including phenoxy) is 3. The maximum atomic E-state index is 12.8. The van der Waals surface area contributed by atoms with Gasteiger partial charge in [0, 0.05) is 44.2 Å². The maximum absolute atomic E-state index is 12.8. The molecule has 1 aromatic carbocycles. The molecule has 1 saturated carbocycles. The molecule has 1 N–H and O–H groups in total. The Morgan fingerprint density at radius 2 is 1.67 bits per heavy atom. The number of alkyl carbamates (subject to hydrolysis) is 1. The molecule has 0 bridgehead atoms. The van der Waals surface area contributed by atoms with Gasteiger partial charge in [0.25, 0.3) is 0 Å². The van der Waals surface area contributed by atoms with Crippen LogP contribution in [0.1, 0.15) is 78.2 Å². The fourth-order valence-electron chi connectivity index (χ4n) is 4.87. The smallest absolute Gasteiger partial charge is 0.407 e. The van der Waals surface area contributed by atoms with E-state index in [4.69, 9.17) is 18.6 Å². The Kier molecular flexibility index (Phi) is 13.0. The lowest BCUT2D eigenvalue weighted by Gasteiger charge is -2.38. The Bertz CT molecular complexity index is 916. The number of esters is 2. The zero-order valence-corrected chi connectivity index (χ0v) is 25.9. The van der Waals surface area contributed by atoms with E-state index in [1.54, 1.807) is 0 Å². The van der Waals surface area contributed by atoms with Crippen LogP contribution in [0.25, 0.3) is 0 Å². The minimum absolute atomic E-state index is 0.0113. The molecule has 0 heterocycles. The molecule has 0 radical (unpaired) electrons. The van der Waals surface area contributed by atoms with Crippen molar-refractivity contribution in [2.45, 2.75) is 110 Å². The van der Waals surface area contributed by atoms with Gasteiger partial charge in [-0.25, -0.2) is 4.79 Å². The SMILES string of the molecule is COC(=O)CCCCCC[C@@H]1[C@@H](CO[Si](C)(C)C(C)(C)C)[C@H](NC(=O)OCc2ccccc2)C[C@@H]1OC(C)=O. The molecule has 220 valence electrons. The van der Waals surface area contributed by atoms with Crippen molar-refractivity contribution >= 4 is 26.3 Å². The average Bonchev–Trinajstić information content (AvgIpc) is 3.17. The second-order valence-electron chi connectivity index (χ2n) is 12.1. The summed E-state index contributed by atoms with van der Waals surface area (Å²) in [4.78, 5) is 36.2. The Labute approximate surface area is 235 Å². The molecule has 9 heteroatoms. The van der Waals surface area contributed by atoms with Gasteiger partial charge in [0.1, 0.15) is 12.7 Å². The van der Waals surface area contributed by atoms with Gasteiger partial charge >= 0.3 is 18.0 Å². The van der Waals surface area contributed by atoms with Gasteiger partial charge in [0.2, 0.25) is 0 Å². The lowest BCUT2D eigenvalue weighted by atomic mass is 9.88. The first-order valence-corrected chi connectivity index (χ1v) is 17.1. The molecule has 0 unspecified atom stereocenters. The largest absolute Gasteiger partial charge is 0.469 e. The number of unbranched alkanes of at least 4 members (excludes halogenated alkanes) is 3. The third-order valence-corrected chi connectivity index (χ3v) is 12.7. The lowest BCUT2D eigenvalue weighted by molar-refractivity contribution is -0.148. The molecule has 8 nitrogen and oxygen atoms in total. The third-order valence-electron chi connectivity index (χ3n) is 8.20. The van der Waals surface area contributed by atoms with Crippen molar-refractivity contribution in [2.24, 2.45) is 11.8 Å².